The maximum atomic E-state index is 13.8. The topological polar surface area (TPSA) is 149 Å². The summed E-state index contributed by atoms with van der Waals surface area (Å²) in [6.07, 6.45) is 0.874. The summed E-state index contributed by atoms with van der Waals surface area (Å²) < 4.78 is 23.7. The van der Waals surface area contributed by atoms with E-state index in [1.165, 1.54) is 14.0 Å². The number of benzene rings is 3. The van der Waals surface area contributed by atoms with E-state index in [0.29, 0.717) is 52.1 Å². The molecule has 1 amide bonds. The minimum absolute atomic E-state index is 0.0297. The van der Waals surface area contributed by atoms with Crippen molar-refractivity contribution in [3.63, 3.8) is 0 Å². The van der Waals surface area contributed by atoms with Crippen LogP contribution in [0.5, 0.6) is 28.7 Å². The van der Waals surface area contributed by atoms with Crippen molar-refractivity contribution >= 4 is 34.9 Å². The summed E-state index contributed by atoms with van der Waals surface area (Å²) in [5.74, 6) is 1.02. The Morgan fingerprint density at radius 1 is 1.13 bits per heavy atom. The number of phenols is 1. The van der Waals surface area contributed by atoms with Gasteiger partial charge >= 0.3 is 5.97 Å². The molecule has 1 fully saturated rings. The molecule has 0 radical (unpaired) electrons. The number of phenolic OH excluding ortho intramolecular Hbond substituents is 1. The van der Waals surface area contributed by atoms with E-state index in [9.17, 15) is 20.0 Å². The van der Waals surface area contributed by atoms with Crippen LogP contribution < -0.4 is 34.5 Å². The standard InChI is InChI=1S/C39H44N6O7S/c1-19-13-23-14-26-28(16-40)45-27(32(44(26)6)30(23)33(47)34(19)49-7)15-25-31(37-36(50-18-51-37)20(2)35(25)52-22(4)46)29(45)17-41-38(48)21(3)42-39(53)43(5)24-11-9-8-10-12-24/h8-13,21,26-29,32,47H,14-15,17-18H2,1-7H3,(H,41,48)(H,42,53)/t21-,26-,27?,28-,29-,32-/m0/s1. The largest absolute Gasteiger partial charge is 0.504 e. The molecule has 4 aliphatic rings. The lowest BCUT2D eigenvalue weighted by molar-refractivity contribution is -0.132. The first kappa shape index (κ1) is 36.3. The van der Waals surface area contributed by atoms with E-state index in [1.54, 1.807) is 11.8 Å². The monoisotopic (exact) mass is 740 g/mol. The molecule has 2 bridgehead atoms. The summed E-state index contributed by atoms with van der Waals surface area (Å²) in [4.78, 5) is 32.6. The molecule has 7 rings (SSSR count). The number of thiocarbonyl (C=S) groups is 1. The maximum absolute atomic E-state index is 13.8. The number of para-hydroxylation sites is 1. The smallest absolute Gasteiger partial charge is 0.308 e. The normalized spacial score (nSPS) is 23.0. The van der Waals surface area contributed by atoms with Gasteiger partial charge in [-0.05, 0) is 76.1 Å². The number of nitrogens with zero attached hydrogens (tertiary/aromatic N) is 4. The molecule has 1 unspecified atom stereocenters. The van der Waals surface area contributed by atoms with E-state index in [-0.39, 0.29) is 37.1 Å². The zero-order valence-electron chi connectivity index (χ0n) is 30.9. The van der Waals surface area contributed by atoms with Crippen LogP contribution in [0.25, 0.3) is 0 Å². The zero-order chi connectivity index (χ0) is 37.9. The van der Waals surface area contributed by atoms with Crippen LogP contribution in [-0.4, -0.2) is 90.6 Å². The molecule has 4 aliphatic heterocycles. The first-order chi connectivity index (χ1) is 25.4. The third-order valence-electron chi connectivity index (χ3n) is 11.2. The van der Waals surface area contributed by atoms with Gasteiger partial charge in [-0.1, -0.05) is 24.3 Å². The molecule has 1 saturated heterocycles. The highest BCUT2D eigenvalue weighted by atomic mass is 32.1. The molecular weight excluding hydrogens is 697 g/mol. The fourth-order valence-corrected chi connectivity index (χ4v) is 9.06. The van der Waals surface area contributed by atoms with Gasteiger partial charge in [0.1, 0.15) is 17.8 Å². The lowest BCUT2D eigenvalue weighted by Crippen LogP contribution is -2.69. The molecule has 3 aromatic rings. The van der Waals surface area contributed by atoms with Crippen molar-refractivity contribution in [1.29, 1.82) is 5.26 Å². The average molecular weight is 741 g/mol. The van der Waals surface area contributed by atoms with E-state index in [1.807, 2.05) is 64.3 Å². The number of ether oxygens (including phenoxy) is 4. The van der Waals surface area contributed by atoms with E-state index in [4.69, 9.17) is 31.2 Å². The van der Waals surface area contributed by atoms with Crippen LogP contribution in [0.4, 0.5) is 5.69 Å². The number of hydrogen-bond acceptors (Lipinski definition) is 11. The molecule has 3 aromatic carbocycles. The van der Waals surface area contributed by atoms with Crippen molar-refractivity contribution in [3.8, 4) is 34.8 Å². The van der Waals surface area contributed by atoms with Gasteiger partial charge in [-0.3, -0.25) is 19.4 Å². The van der Waals surface area contributed by atoms with E-state index >= 15 is 0 Å². The second-order valence-electron chi connectivity index (χ2n) is 14.2. The number of nitrogens with one attached hydrogen (secondary N) is 2. The van der Waals surface area contributed by atoms with Gasteiger partial charge in [0.2, 0.25) is 12.7 Å². The predicted molar refractivity (Wildman–Crippen MR) is 201 cm³/mol. The highest BCUT2D eigenvalue weighted by Crippen LogP contribution is 2.58. The molecule has 4 heterocycles. The number of carbonyl (C=O) groups excluding carboxylic acids is 2. The molecule has 0 saturated carbocycles. The Labute approximate surface area is 314 Å². The third kappa shape index (κ3) is 5.97. The van der Waals surface area contributed by atoms with Crippen LogP contribution in [-0.2, 0) is 22.4 Å². The van der Waals surface area contributed by atoms with Gasteiger partial charge in [0, 0.05) is 60.5 Å². The summed E-state index contributed by atoms with van der Waals surface area (Å²) in [6.45, 7) is 6.88. The van der Waals surface area contributed by atoms with Crippen LogP contribution in [0.2, 0.25) is 0 Å². The van der Waals surface area contributed by atoms with Crippen molar-refractivity contribution in [2.75, 3.05) is 39.4 Å². The van der Waals surface area contributed by atoms with Gasteiger partial charge in [0.25, 0.3) is 0 Å². The first-order valence-corrected chi connectivity index (χ1v) is 18.1. The Morgan fingerprint density at radius 3 is 2.53 bits per heavy atom. The van der Waals surface area contributed by atoms with Gasteiger partial charge in [-0.15, -0.1) is 0 Å². The van der Waals surface area contributed by atoms with E-state index in [0.717, 1.165) is 27.9 Å². The van der Waals surface area contributed by atoms with Crippen LogP contribution in [0, 0.1) is 25.2 Å². The molecule has 3 N–H and O–H groups in total. The number of hydrogen-bond donors (Lipinski definition) is 3. The van der Waals surface area contributed by atoms with Gasteiger partial charge < -0.3 is 39.6 Å². The Balaban J connectivity index is 1.31. The molecule has 278 valence electrons. The molecule has 6 atom stereocenters. The van der Waals surface area contributed by atoms with Crippen molar-refractivity contribution in [2.24, 2.45) is 0 Å². The number of anilines is 1. The number of nitriles is 1. The molecule has 0 spiro atoms. The SMILES string of the molecule is COc1c(C)cc2c(c1O)[C@@H]1C3Cc4c(OC(C)=O)c(C)c5c(c4[C@H](CNC(=O)[C@H](C)NC(=S)N(C)c4ccccc4)N3[C@@H](C#N)[C@H](C2)N1C)OCO5. The number of methoxy groups -OCH3 is 1. The van der Waals surface area contributed by atoms with Crippen molar-refractivity contribution < 1.29 is 33.6 Å². The second kappa shape index (κ2) is 14.0. The number of aromatic hydroxyl groups is 1. The second-order valence-corrected chi connectivity index (χ2v) is 14.5. The van der Waals surface area contributed by atoms with Gasteiger partial charge in [0.05, 0.1) is 25.3 Å². The Kier molecular flexibility index (Phi) is 9.61. The number of likely N-dealkylation sites (N-methyl/N-ethyl adjacent to an activating group) is 1. The number of fused-ring (bicyclic) bond motifs is 9. The number of piperazine rings is 1. The Hall–Kier alpha value is -5.10. The quantitative estimate of drug-likeness (QED) is 0.183. The molecule has 13 nitrogen and oxygen atoms in total. The fraction of sp³-hybridized carbons (Fsp3) is 0.436. The first-order valence-electron chi connectivity index (χ1n) is 17.7. The lowest BCUT2D eigenvalue weighted by atomic mass is 9.71. The molecule has 0 aliphatic carbocycles. The third-order valence-corrected chi connectivity index (χ3v) is 11.6. The number of esters is 1. The highest BCUT2D eigenvalue weighted by Gasteiger charge is 2.57. The van der Waals surface area contributed by atoms with Crippen molar-refractivity contribution in [2.45, 2.75) is 76.8 Å². The number of rotatable bonds is 7. The summed E-state index contributed by atoms with van der Waals surface area (Å²) in [5, 5.41) is 29.4. The lowest BCUT2D eigenvalue weighted by Gasteiger charge is -2.60. The molecule has 14 heteroatoms. The summed E-state index contributed by atoms with van der Waals surface area (Å²) in [7, 11) is 5.36. The Morgan fingerprint density at radius 2 is 1.85 bits per heavy atom. The average Bonchev–Trinajstić information content (AvgIpc) is 3.63. The Bertz CT molecular complexity index is 2040. The molecule has 53 heavy (non-hydrogen) atoms. The number of amides is 1. The minimum atomic E-state index is -0.703. The minimum Gasteiger partial charge on any atom is -0.504 e. The highest BCUT2D eigenvalue weighted by molar-refractivity contribution is 7.80. The van der Waals surface area contributed by atoms with Crippen LogP contribution in [0.1, 0.15) is 59.3 Å². The van der Waals surface area contributed by atoms with E-state index in [2.05, 4.69) is 26.5 Å². The summed E-state index contributed by atoms with van der Waals surface area (Å²) in [5.41, 5.74) is 5.44. The molecular formula is C39H44N6O7S. The van der Waals surface area contributed by atoms with Crippen LogP contribution >= 0.6 is 12.2 Å². The summed E-state index contributed by atoms with van der Waals surface area (Å²) in [6, 6.07) is 11.3. The van der Waals surface area contributed by atoms with Crippen molar-refractivity contribution in [1.82, 2.24) is 20.4 Å². The molecule has 0 aromatic heterocycles. The maximum Gasteiger partial charge on any atom is 0.308 e. The van der Waals surface area contributed by atoms with Gasteiger partial charge in [-0.2, -0.15) is 5.26 Å². The van der Waals surface area contributed by atoms with Crippen molar-refractivity contribution in [3.05, 3.63) is 69.8 Å². The van der Waals surface area contributed by atoms with Crippen LogP contribution in [0.15, 0.2) is 36.4 Å². The van der Waals surface area contributed by atoms with Crippen LogP contribution in [0.3, 0.4) is 0 Å². The number of aryl methyl sites for hydroxylation is 1. The van der Waals surface area contributed by atoms with Gasteiger partial charge in [-0.25, -0.2) is 0 Å². The zero-order valence-corrected chi connectivity index (χ0v) is 31.7. The summed E-state index contributed by atoms with van der Waals surface area (Å²) >= 11 is 5.65. The predicted octanol–water partition coefficient (Wildman–Crippen LogP) is 3.96. The number of carbonyl (C=O) groups is 2. The van der Waals surface area contributed by atoms with Gasteiger partial charge in [0.15, 0.2) is 28.1 Å². The van der Waals surface area contributed by atoms with E-state index < -0.39 is 30.1 Å². The fourth-order valence-electron chi connectivity index (χ4n) is 8.78.